The fourth-order valence-corrected chi connectivity index (χ4v) is 3.53. The number of anilines is 1. The van der Waals surface area contributed by atoms with Crippen molar-refractivity contribution in [3.05, 3.63) is 53.0 Å². The SMILES string of the molecule is CC(C)(C)C(NC(=O)Nc1ccccc1-n1cnnn1)c1cccs1. The molecule has 3 rings (SSSR count). The van der Waals surface area contributed by atoms with Crippen molar-refractivity contribution in [3.8, 4) is 5.69 Å². The molecule has 1 atom stereocenters. The zero-order chi connectivity index (χ0) is 17.9. The predicted octanol–water partition coefficient (Wildman–Crippen LogP) is 3.63. The average molecular weight is 356 g/mol. The van der Waals surface area contributed by atoms with E-state index in [1.165, 1.54) is 11.0 Å². The molecule has 2 aromatic heterocycles. The van der Waals surface area contributed by atoms with E-state index < -0.39 is 0 Å². The summed E-state index contributed by atoms with van der Waals surface area (Å²) in [5.74, 6) is 0. The van der Waals surface area contributed by atoms with E-state index >= 15 is 0 Å². The first-order valence-electron chi connectivity index (χ1n) is 7.88. The van der Waals surface area contributed by atoms with Gasteiger partial charge in [-0.1, -0.05) is 39.0 Å². The first-order valence-corrected chi connectivity index (χ1v) is 8.76. The number of para-hydroxylation sites is 2. The molecule has 0 spiro atoms. The maximum absolute atomic E-state index is 12.6. The monoisotopic (exact) mass is 356 g/mol. The van der Waals surface area contributed by atoms with Gasteiger partial charge in [0.2, 0.25) is 0 Å². The van der Waals surface area contributed by atoms with Crippen molar-refractivity contribution in [2.75, 3.05) is 5.32 Å². The third kappa shape index (κ3) is 4.03. The van der Waals surface area contributed by atoms with Crippen molar-refractivity contribution in [1.82, 2.24) is 25.5 Å². The van der Waals surface area contributed by atoms with Gasteiger partial charge >= 0.3 is 6.03 Å². The molecule has 7 nitrogen and oxygen atoms in total. The number of nitrogens with zero attached hydrogens (tertiary/aromatic N) is 4. The summed E-state index contributed by atoms with van der Waals surface area (Å²) in [7, 11) is 0. The lowest BCUT2D eigenvalue weighted by molar-refractivity contribution is 0.230. The Hall–Kier alpha value is -2.74. The summed E-state index contributed by atoms with van der Waals surface area (Å²) in [4.78, 5) is 13.7. The second-order valence-corrected chi connectivity index (χ2v) is 7.66. The minimum Gasteiger partial charge on any atom is -0.330 e. The quantitative estimate of drug-likeness (QED) is 0.747. The zero-order valence-electron chi connectivity index (χ0n) is 14.3. The zero-order valence-corrected chi connectivity index (χ0v) is 15.1. The number of amides is 2. The molecule has 1 aromatic carbocycles. The summed E-state index contributed by atoms with van der Waals surface area (Å²) in [6.07, 6.45) is 1.49. The highest BCUT2D eigenvalue weighted by molar-refractivity contribution is 7.10. The molecule has 0 bridgehead atoms. The van der Waals surface area contributed by atoms with Crippen molar-refractivity contribution >= 4 is 23.1 Å². The Bertz CT molecular complexity index is 823. The van der Waals surface area contributed by atoms with Crippen LogP contribution in [0, 0.1) is 5.41 Å². The molecule has 130 valence electrons. The van der Waals surface area contributed by atoms with Crippen LogP contribution in [0.15, 0.2) is 48.1 Å². The van der Waals surface area contributed by atoms with Crippen LogP contribution in [-0.2, 0) is 0 Å². The second kappa shape index (κ2) is 7.02. The van der Waals surface area contributed by atoms with Gasteiger partial charge in [0.25, 0.3) is 0 Å². The number of rotatable bonds is 4. The van der Waals surface area contributed by atoms with Gasteiger partial charge in [-0.15, -0.1) is 16.4 Å². The Balaban J connectivity index is 1.79. The van der Waals surface area contributed by atoms with Crippen molar-refractivity contribution in [2.24, 2.45) is 5.41 Å². The molecule has 2 N–H and O–H groups in total. The summed E-state index contributed by atoms with van der Waals surface area (Å²) >= 11 is 1.63. The van der Waals surface area contributed by atoms with Crippen LogP contribution in [0.1, 0.15) is 31.7 Å². The highest BCUT2D eigenvalue weighted by atomic mass is 32.1. The van der Waals surface area contributed by atoms with E-state index in [9.17, 15) is 4.79 Å². The first-order chi connectivity index (χ1) is 11.9. The van der Waals surface area contributed by atoms with Crippen molar-refractivity contribution in [1.29, 1.82) is 0 Å². The van der Waals surface area contributed by atoms with Crippen LogP contribution >= 0.6 is 11.3 Å². The Morgan fingerprint density at radius 2 is 2.00 bits per heavy atom. The van der Waals surface area contributed by atoms with Gasteiger partial charge in [-0.3, -0.25) is 0 Å². The third-order valence-electron chi connectivity index (χ3n) is 3.72. The minimum atomic E-state index is -0.270. The third-order valence-corrected chi connectivity index (χ3v) is 4.65. The van der Waals surface area contributed by atoms with E-state index in [0.29, 0.717) is 11.4 Å². The molecule has 0 fully saturated rings. The van der Waals surface area contributed by atoms with E-state index in [4.69, 9.17) is 0 Å². The summed E-state index contributed by atoms with van der Waals surface area (Å²) in [6.45, 7) is 6.31. The number of hydrogen-bond acceptors (Lipinski definition) is 5. The molecular formula is C17H20N6OS. The van der Waals surface area contributed by atoms with Gasteiger partial charge < -0.3 is 10.6 Å². The van der Waals surface area contributed by atoms with Crippen molar-refractivity contribution < 1.29 is 4.79 Å². The van der Waals surface area contributed by atoms with Gasteiger partial charge in [-0.2, -0.15) is 4.68 Å². The van der Waals surface area contributed by atoms with Gasteiger partial charge in [0, 0.05) is 4.88 Å². The predicted molar refractivity (Wildman–Crippen MR) is 97.8 cm³/mol. The van der Waals surface area contributed by atoms with Gasteiger partial charge in [-0.05, 0) is 39.4 Å². The smallest absolute Gasteiger partial charge is 0.319 e. The molecule has 0 aliphatic heterocycles. The summed E-state index contributed by atoms with van der Waals surface area (Å²) in [5, 5.41) is 19.2. The van der Waals surface area contributed by atoms with E-state index in [2.05, 4.69) is 46.9 Å². The number of carbonyl (C=O) groups is 1. The van der Waals surface area contributed by atoms with Crippen molar-refractivity contribution in [2.45, 2.75) is 26.8 Å². The standard InChI is InChI=1S/C17H20N6OS/c1-17(2,3)15(14-9-6-10-25-14)20-16(24)19-12-7-4-5-8-13(12)23-11-18-21-22-23/h4-11,15H,1-3H3,(H2,19,20,24). The molecular weight excluding hydrogens is 336 g/mol. The summed E-state index contributed by atoms with van der Waals surface area (Å²) in [6, 6.07) is 11.0. The summed E-state index contributed by atoms with van der Waals surface area (Å²) in [5.41, 5.74) is 1.22. The fraction of sp³-hybridized carbons (Fsp3) is 0.294. The van der Waals surface area contributed by atoms with Crippen LogP contribution in [0.2, 0.25) is 0 Å². The number of benzene rings is 1. The van der Waals surface area contributed by atoms with Crippen LogP contribution in [0.25, 0.3) is 5.69 Å². The molecule has 3 aromatic rings. The lowest BCUT2D eigenvalue weighted by Gasteiger charge is -2.30. The second-order valence-electron chi connectivity index (χ2n) is 6.68. The van der Waals surface area contributed by atoms with Crippen LogP contribution in [0.5, 0.6) is 0 Å². The largest absolute Gasteiger partial charge is 0.330 e. The number of hydrogen-bond donors (Lipinski definition) is 2. The fourth-order valence-electron chi connectivity index (χ4n) is 2.51. The lowest BCUT2D eigenvalue weighted by Crippen LogP contribution is -2.38. The number of aromatic nitrogens is 4. The number of urea groups is 1. The van der Waals surface area contributed by atoms with E-state index in [1.807, 2.05) is 41.8 Å². The van der Waals surface area contributed by atoms with Crippen LogP contribution in [0.4, 0.5) is 10.5 Å². The van der Waals surface area contributed by atoms with Gasteiger partial charge in [0.05, 0.1) is 17.4 Å². The van der Waals surface area contributed by atoms with Crippen LogP contribution in [-0.4, -0.2) is 26.2 Å². The normalized spacial score (nSPS) is 12.6. The highest BCUT2D eigenvalue weighted by Crippen LogP contribution is 2.35. The van der Waals surface area contributed by atoms with Crippen LogP contribution < -0.4 is 10.6 Å². The average Bonchev–Trinajstić information content (AvgIpc) is 3.25. The minimum absolute atomic E-state index is 0.0901. The molecule has 0 saturated carbocycles. The van der Waals surface area contributed by atoms with Gasteiger partial charge in [-0.25, -0.2) is 4.79 Å². The number of thiophene rings is 1. The maximum atomic E-state index is 12.6. The summed E-state index contributed by atoms with van der Waals surface area (Å²) < 4.78 is 1.51. The molecule has 2 amide bonds. The molecule has 0 aliphatic carbocycles. The maximum Gasteiger partial charge on any atom is 0.319 e. The number of nitrogens with one attached hydrogen (secondary N) is 2. The Morgan fingerprint density at radius 3 is 2.64 bits per heavy atom. The van der Waals surface area contributed by atoms with Gasteiger partial charge in [0.15, 0.2) is 0 Å². The molecule has 2 heterocycles. The number of carbonyl (C=O) groups excluding carboxylic acids is 1. The van der Waals surface area contributed by atoms with Crippen molar-refractivity contribution in [3.63, 3.8) is 0 Å². The van der Waals surface area contributed by atoms with Crippen LogP contribution in [0.3, 0.4) is 0 Å². The molecule has 1 unspecified atom stereocenters. The molecule has 8 heteroatoms. The first kappa shape index (κ1) is 17.1. The van der Waals surface area contributed by atoms with E-state index in [1.54, 1.807) is 11.3 Å². The number of tetrazole rings is 1. The van der Waals surface area contributed by atoms with E-state index in [0.717, 1.165) is 4.88 Å². The molecule has 0 aliphatic rings. The Morgan fingerprint density at radius 1 is 1.20 bits per heavy atom. The Labute approximate surface area is 150 Å². The topological polar surface area (TPSA) is 84.7 Å². The van der Waals surface area contributed by atoms with E-state index in [-0.39, 0.29) is 17.5 Å². The highest BCUT2D eigenvalue weighted by Gasteiger charge is 2.28. The van der Waals surface area contributed by atoms with Gasteiger partial charge in [0.1, 0.15) is 6.33 Å². The lowest BCUT2D eigenvalue weighted by atomic mass is 9.86. The Kier molecular flexibility index (Phi) is 4.80. The molecule has 0 radical (unpaired) electrons. The molecule has 25 heavy (non-hydrogen) atoms. The molecule has 0 saturated heterocycles.